The van der Waals surface area contributed by atoms with Crippen LogP contribution in [0.5, 0.6) is 0 Å². The van der Waals surface area contributed by atoms with Crippen molar-refractivity contribution >= 4 is 0 Å². The van der Waals surface area contributed by atoms with Crippen molar-refractivity contribution in [3.8, 4) is 0 Å². The number of piperidine rings is 1. The molecule has 0 atom stereocenters. The Morgan fingerprint density at radius 3 is 2.70 bits per heavy atom. The van der Waals surface area contributed by atoms with E-state index in [1.54, 1.807) is 7.11 Å². The summed E-state index contributed by atoms with van der Waals surface area (Å²) in [5.74, 6) is 1.82. The number of H-pyrrole nitrogens is 2. The lowest BCUT2D eigenvalue weighted by Gasteiger charge is -2.37. The van der Waals surface area contributed by atoms with Gasteiger partial charge in [-0.2, -0.15) is 10.1 Å². The molecule has 3 heterocycles. The molecule has 0 saturated carbocycles. The van der Waals surface area contributed by atoms with Gasteiger partial charge < -0.3 is 9.26 Å². The predicted molar refractivity (Wildman–Crippen MR) is 96.0 cm³/mol. The average molecular weight is 370 g/mol. The van der Waals surface area contributed by atoms with Crippen molar-refractivity contribution in [2.75, 3.05) is 20.2 Å². The number of aromatic nitrogens is 5. The number of benzene rings is 1. The molecule has 2 aromatic heterocycles. The molecule has 2 N–H and O–H groups in total. The van der Waals surface area contributed by atoms with Gasteiger partial charge in [-0.1, -0.05) is 35.5 Å². The van der Waals surface area contributed by atoms with Crippen molar-refractivity contribution in [1.29, 1.82) is 0 Å². The van der Waals surface area contributed by atoms with E-state index in [-0.39, 0.29) is 5.69 Å². The molecule has 1 aliphatic rings. The maximum Gasteiger partial charge on any atom is 0.340 e. The first-order chi connectivity index (χ1) is 13.2. The summed E-state index contributed by atoms with van der Waals surface area (Å²) >= 11 is 0. The van der Waals surface area contributed by atoms with E-state index in [1.165, 1.54) is 0 Å². The van der Waals surface area contributed by atoms with Gasteiger partial charge in [0.25, 0.3) is 5.89 Å². The van der Waals surface area contributed by atoms with Gasteiger partial charge in [-0.15, -0.1) is 0 Å². The summed E-state index contributed by atoms with van der Waals surface area (Å²) in [5.41, 5.74) is 0.279. The monoisotopic (exact) mass is 370 g/mol. The minimum Gasteiger partial charge on any atom is -0.368 e. The number of nitrogens with zero attached hydrogens (tertiary/aromatic N) is 4. The lowest BCUT2D eigenvalue weighted by molar-refractivity contribution is -0.0841. The molecule has 4 rings (SSSR count). The van der Waals surface area contributed by atoms with Gasteiger partial charge in [0.2, 0.25) is 0 Å². The zero-order valence-electron chi connectivity index (χ0n) is 15.1. The van der Waals surface area contributed by atoms with Crippen molar-refractivity contribution in [2.24, 2.45) is 0 Å². The smallest absolute Gasteiger partial charge is 0.340 e. The first-order valence-corrected chi connectivity index (χ1v) is 8.95. The van der Waals surface area contributed by atoms with Crippen LogP contribution in [0.1, 0.15) is 35.9 Å². The number of hydrogen-bond acceptors (Lipinski definition) is 7. The maximum atomic E-state index is 11.2. The van der Waals surface area contributed by atoms with E-state index in [0.29, 0.717) is 30.5 Å². The predicted octanol–water partition coefficient (Wildman–Crippen LogP) is 1.21. The lowest BCUT2D eigenvalue weighted by Crippen LogP contribution is -2.43. The lowest BCUT2D eigenvalue weighted by atomic mass is 9.91. The Labute approximate surface area is 155 Å². The molecular weight excluding hydrogens is 348 g/mol. The van der Waals surface area contributed by atoms with Gasteiger partial charge in [0.1, 0.15) is 11.4 Å². The quantitative estimate of drug-likeness (QED) is 0.670. The summed E-state index contributed by atoms with van der Waals surface area (Å²) in [7, 11) is 1.68. The van der Waals surface area contributed by atoms with Crippen molar-refractivity contribution in [2.45, 2.75) is 31.4 Å². The van der Waals surface area contributed by atoms with Gasteiger partial charge in [-0.25, -0.2) is 9.89 Å². The third-order valence-corrected chi connectivity index (χ3v) is 5.04. The zero-order valence-corrected chi connectivity index (χ0v) is 15.1. The first-order valence-electron chi connectivity index (χ1n) is 8.95. The molecule has 9 heteroatoms. The fourth-order valence-corrected chi connectivity index (χ4v) is 3.46. The SMILES string of the molecule is COC1(c2nc(Cc3ccccc3)no2)CCN(Cc2n[nH]c(=O)[nH]2)CC1. The minimum atomic E-state index is -0.572. The van der Waals surface area contributed by atoms with E-state index in [4.69, 9.17) is 9.26 Å². The highest BCUT2D eigenvalue weighted by Gasteiger charge is 2.41. The fourth-order valence-electron chi connectivity index (χ4n) is 3.46. The number of ether oxygens (including phenoxy) is 1. The molecule has 1 fully saturated rings. The van der Waals surface area contributed by atoms with Crippen molar-refractivity contribution in [3.05, 3.63) is 63.9 Å². The van der Waals surface area contributed by atoms with Gasteiger partial charge in [-0.3, -0.25) is 9.88 Å². The number of hydrogen-bond donors (Lipinski definition) is 2. The zero-order chi connectivity index (χ0) is 18.7. The van der Waals surface area contributed by atoms with E-state index in [2.05, 4.69) is 30.2 Å². The van der Waals surface area contributed by atoms with Crippen molar-refractivity contribution in [3.63, 3.8) is 0 Å². The van der Waals surface area contributed by atoms with Gasteiger partial charge in [0, 0.05) is 26.6 Å². The van der Waals surface area contributed by atoms with E-state index < -0.39 is 5.60 Å². The average Bonchev–Trinajstić information content (AvgIpc) is 3.33. The largest absolute Gasteiger partial charge is 0.368 e. The Balaban J connectivity index is 1.42. The molecule has 0 unspecified atom stereocenters. The third kappa shape index (κ3) is 3.83. The Kier molecular flexibility index (Phi) is 4.87. The Hall–Kier alpha value is -2.78. The molecule has 9 nitrogen and oxygen atoms in total. The van der Waals surface area contributed by atoms with Crippen LogP contribution in [0, 0.1) is 0 Å². The van der Waals surface area contributed by atoms with Crippen LogP contribution in [0.3, 0.4) is 0 Å². The Morgan fingerprint density at radius 1 is 1.26 bits per heavy atom. The van der Waals surface area contributed by atoms with Crippen molar-refractivity contribution < 1.29 is 9.26 Å². The molecular formula is C18H22N6O3. The third-order valence-electron chi connectivity index (χ3n) is 5.04. The molecule has 1 saturated heterocycles. The molecule has 142 valence electrons. The number of methoxy groups -OCH3 is 1. The van der Waals surface area contributed by atoms with Crippen LogP contribution >= 0.6 is 0 Å². The molecule has 0 aliphatic carbocycles. The molecule has 0 spiro atoms. The van der Waals surface area contributed by atoms with Gasteiger partial charge in [-0.05, 0) is 18.4 Å². The van der Waals surface area contributed by atoms with Gasteiger partial charge in [0.15, 0.2) is 5.82 Å². The number of rotatable bonds is 6. The van der Waals surface area contributed by atoms with Crippen LogP contribution in [-0.2, 0) is 23.3 Å². The summed E-state index contributed by atoms with van der Waals surface area (Å²) in [5, 5.41) is 10.5. The van der Waals surface area contributed by atoms with Crippen LogP contribution in [0.25, 0.3) is 0 Å². The van der Waals surface area contributed by atoms with Crippen LogP contribution in [-0.4, -0.2) is 50.4 Å². The second kappa shape index (κ2) is 7.45. The highest BCUT2D eigenvalue weighted by molar-refractivity contribution is 5.18. The maximum absolute atomic E-state index is 11.2. The normalized spacial score (nSPS) is 17.2. The van der Waals surface area contributed by atoms with Crippen LogP contribution in [0.15, 0.2) is 39.6 Å². The summed E-state index contributed by atoms with van der Waals surface area (Å²) < 4.78 is 11.4. The van der Waals surface area contributed by atoms with Crippen LogP contribution in [0.4, 0.5) is 0 Å². The standard InChI is InChI=1S/C18H22N6O3/c1-26-18(7-9-24(10-8-18)12-15-20-17(25)22-21-15)16-19-14(23-27-16)11-13-5-3-2-4-6-13/h2-6H,7-12H2,1H3,(H2,20,21,22,25). The summed E-state index contributed by atoms with van der Waals surface area (Å²) in [6.07, 6.45) is 2.08. The second-order valence-electron chi connectivity index (χ2n) is 6.78. The summed E-state index contributed by atoms with van der Waals surface area (Å²) in [6.45, 7) is 2.14. The Morgan fingerprint density at radius 2 is 2.04 bits per heavy atom. The summed E-state index contributed by atoms with van der Waals surface area (Å²) in [6, 6.07) is 10.1. The van der Waals surface area contributed by atoms with Gasteiger partial charge >= 0.3 is 5.69 Å². The van der Waals surface area contributed by atoms with Gasteiger partial charge in [0.05, 0.1) is 6.54 Å². The highest BCUT2D eigenvalue weighted by atomic mass is 16.5. The van der Waals surface area contributed by atoms with E-state index in [1.807, 2.05) is 30.3 Å². The van der Waals surface area contributed by atoms with E-state index >= 15 is 0 Å². The number of nitrogens with one attached hydrogen (secondary N) is 2. The number of likely N-dealkylation sites (tertiary alicyclic amines) is 1. The summed E-state index contributed by atoms with van der Waals surface area (Å²) in [4.78, 5) is 20.7. The fraction of sp³-hybridized carbons (Fsp3) is 0.444. The molecule has 1 aliphatic heterocycles. The van der Waals surface area contributed by atoms with Crippen LogP contribution in [0.2, 0.25) is 0 Å². The molecule has 0 bridgehead atoms. The second-order valence-corrected chi connectivity index (χ2v) is 6.78. The molecule has 0 amide bonds. The number of aromatic amines is 2. The highest BCUT2D eigenvalue weighted by Crippen LogP contribution is 2.35. The van der Waals surface area contributed by atoms with E-state index in [0.717, 1.165) is 31.5 Å². The van der Waals surface area contributed by atoms with E-state index in [9.17, 15) is 4.79 Å². The molecule has 3 aromatic rings. The topological polar surface area (TPSA) is 113 Å². The Bertz CT molecular complexity index is 924. The molecule has 27 heavy (non-hydrogen) atoms. The minimum absolute atomic E-state index is 0.287. The first kappa shape index (κ1) is 17.6. The molecule has 0 radical (unpaired) electrons. The van der Waals surface area contributed by atoms with Crippen LogP contribution < -0.4 is 5.69 Å². The molecule has 1 aromatic carbocycles. The van der Waals surface area contributed by atoms with Crippen molar-refractivity contribution in [1.82, 2.24) is 30.2 Å².